The Hall–Kier alpha value is -1.79. The summed E-state index contributed by atoms with van der Waals surface area (Å²) in [5.74, 6) is 0.450. The molecule has 0 saturated heterocycles. The summed E-state index contributed by atoms with van der Waals surface area (Å²) in [6.07, 6.45) is 4.59. The monoisotopic (exact) mass is 338 g/mol. The second kappa shape index (κ2) is 7.66. The number of nitrogens with two attached hydrogens (primary N) is 1. The summed E-state index contributed by atoms with van der Waals surface area (Å²) in [5, 5.41) is 9.67. The Bertz CT molecular complexity index is 689. The third-order valence-corrected chi connectivity index (χ3v) is 4.40. The lowest BCUT2D eigenvalue weighted by Crippen LogP contribution is -2.29. The Morgan fingerprint density at radius 1 is 1.35 bits per heavy atom. The van der Waals surface area contributed by atoms with Crippen LogP contribution in [0.25, 0.3) is 11.5 Å². The molecule has 1 aromatic heterocycles. The van der Waals surface area contributed by atoms with Gasteiger partial charge in [0.2, 0.25) is 5.89 Å². The lowest BCUT2D eigenvalue weighted by molar-refractivity contribution is 0.339. The van der Waals surface area contributed by atoms with Gasteiger partial charge in [-0.05, 0) is 56.2 Å². The van der Waals surface area contributed by atoms with Crippen molar-refractivity contribution in [1.82, 2.24) is 10.2 Å². The molecule has 0 radical (unpaired) electrons. The molecular formula is C16H23ClN4O2. The molecule has 0 bridgehead atoms. The van der Waals surface area contributed by atoms with Gasteiger partial charge in [-0.15, -0.1) is 17.5 Å². The predicted molar refractivity (Wildman–Crippen MR) is 93.0 cm³/mol. The van der Waals surface area contributed by atoms with Gasteiger partial charge in [-0.1, -0.05) is 6.07 Å². The molecule has 0 atom stereocenters. The molecular weight excluding hydrogens is 316 g/mol. The highest BCUT2D eigenvalue weighted by Gasteiger charge is 2.18. The van der Waals surface area contributed by atoms with Crippen LogP contribution in [0.1, 0.15) is 31.2 Å². The van der Waals surface area contributed by atoms with Gasteiger partial charge in [-0.3, -0.25) is 0 Å². The summed E-state index contributed by atoms with van der Waals surface area (Å²) in [7, 11) is 0. The maximum absolute atomic E-state index is 11.1. The number of nitrogens with one attached hydrogen (secondary N) is 2. The first-order chi connectivity index (χ1) is 10.6. The van der Waals surface area contributed by atoms with Crippen LogP contribution in [0.15, 0.2) is 27.4 Å². The summed E-state index contributed by atoms with van der Waals surface area (Å²) in [5.41, 5.74) is 8.95. The molecule has 1 aliphatic carbocycles. The Labute approximate surface area is 141 Å². The van der Waals surface area contributed by atoms with Crippen molar-refractivity contribution in [1.29, 1.82) is 0 Å². The van der Waals surface area contributed by atoms with Gasteiger partial charge < -0.3 is 15.5 Å². The molecule has 23 heavy (non-hydrogen) atoms. The van der Waals surface area contributed by atoms with E-state index in [1.54, 1.807) is 0 Å². The molecule has 0 aliphatic heterocycles. The van der Waals surface area contributed by atoms with E-state index in [1.165, 1.54) is 12.8 Å². The Balaban J connectivity index is 0.00000192. The van der Waals surface area contributed by atoms with Gasteiger partial charge in [-0.2, -0.15) is 0 Å². The fourth-order valence-electron chi connectivity index (χ4n) is 2.95. The number of nitrogens with zero attached hydrogens (tertiary/aromatic N) is 1. The van der Waals surface area contributed by atoms with Crippen LogP contribution in [-0.4, -0.2) is 22.8 Å². The number of hydrogen-bond donors (Lipinski definition) is 3. The van der Waals surface area contributed by atoms with E-state index in [9.17, 15) is 4.79 Å². The van der Waals surface area contributed by atoms with Crippen molar-refractivity contribution in [2.45, 2.75) is 38.6 Å². The summed E-state index contributed by atoms with van der Waals surface area (Å²) < 4.78 is 5.01. The molecule has 126 valence electrons. The van der Waals surface area contributed by atoms with Crippen molar-refractivity contribution in [2.75, 3.05) is 11.9 Å². The average Bonchev–Trinajstić information content (AvgIpc) is 2.95. The van der Waals surface area contributed by atoms with Crippen LogP contribution >= 0.6 is 12.4 Å². The van der Waals surface area contributed by atoms with E-state index < -0.39 is 5.76 Å². The molecule has 4 N–H and O–H groups in total. The maximum atomic E-state index is 11.1. The quantitative estimate of drug-likeness (QED) is 0.796. The van der Waals surface area contributed by atoms with Crippen LogP contribution in [0.3, 0.4) is 0 Å². The molecule has 6 nitrogen and oxygen atoms in total. The first-order valence-corrected chi connectivity index (χ1v) is 7.78. The van der Waals surface area contributed by atoms with Crippen molar-refractivity contribution in [3.63, 3.8) is 0 Å². The number of anilines is 1. The minimum atomic E-state index is -0.538. The average molecular weight is 339 g/mol. The molecule has 2 aromatic rings. The molecule has 1 aliphatic rings. The fraction of sp³-hybridized carbons (Fsp3) is 0.500. The summed E-state index contributed by atoms with van der Waals surface area (Å²) in [4.78, 5) is 11.1. The number of aryl methyl sites for hydroxylation is 1. The fourth-order valence-corrected chi connectivity index (χ4v) is 2.95. The molecule has 7 heteroatoms. The van der Waals surface area contributed by atoms with E-state index in [0.29, 0.717) is 17.9 Å². The van der Waals surface area contributed by atoms with Gasteiger partial charge in [-0.25, -0.2) is 9.89 Å². The van der Waals surface area contributed by atoms with Crippen LogP contribution in [0.2, 0.25) is 0 Å². The second-order valence-electron chi connectivity index (χ2n) is 6.11. The predicted octanol–water partition coefficient (Wildman–Crippen LogP) is 2.69. The SMILES string of the molecule is Cc1ccc(-c2n[nH]c(=O)o2)cc1NCC1CCC(N)CC1.Cl. The molecule has 3 rings (SSSR count). The smallest absolute Gasteiger partial charge is 0.388 e. The first kappa shape index (κ1) is 17.6. The topological polar surface area (TPSA) is 96.9 Å². The number of H-pyrrole nitrogens is 1. The van der Waals surface area contributed by atoms with Crippen LogP contribution in [0.4, 0.5) is 5.69 Å². The minimum absolute atomic E-state index is 0. The number of benzene rings is 1. The highest BCUT2D eigenvalue weighted by molar-refractivity contribution is 5.85. The largest absolute Gasteiger partial charge is 0.434 e. The minimum Gasteiger partial charge on any atom is -0.388 e. The normalized spacial score (nSPS) is 20.8. The lowest BCUT2D eigenvalue weighted by atomic mass is 9.86. The molecule has 1 fully saturated rings. The highest BCUT2D eigenvalue weighted by Crippen LogP contribution is 2.26. The summed E-state index contributed by atoms with van der Waals surface area (Å²) in [6.45, 7) is 3.01. The van der Waals surface area contributed by atoms with E-state index in [4.69, 9.17) is 10.2 Å². The molecule has 0 spiro atoms. The van der Waals surface area contributed by atoms with E-state index >= 15 is 0 Å². The van der Waals surface area contributed by atoms with Crippen molar-refractivity contribution in [3.05, 3.63) is 34.3 Å². The zero-order valence-electron chi connectivity index (χ0n) is 13.2. The number of aromatic nitrogens is 2. The molecule has 1 aromatic carbocycles. The first-order valence-electron chi connectivity index (χ1n) is 7.78. The lowest BCUT2D eigenvalue weighted by Gasteiger charge is -2.26. The number of halogens is 1. The number of hydrogen-bond acceptors (Lipinski definition) is 5. The maximum Gasteiger partial charge on any atom is 0.434 e. The van der Waals surface area contributed by atoms with Crippen LogP contribution in [-0.2, 0) is 0 Å². The van der Waals surface area contributed by atoms with Crippen LogP contribution in [0.5, 0.6) is 0 Å². The molecule has 1 saturated carbocycles. The number of aromatic amines is 1. The van der Waals surface area contributed by atoms with Crippen molar-refractivity contribution in [3.8, 4) is 11.5 Å². The highest BCUT2D eigenvalue weighted by atomic mass is 35.5. The standard InChI is InChI=1S/C16H22N4O2.ClH/c1-10-2-5-12(15-19-20-16(21)22-15)8-14(10)18-9-11-3-6-13(17)7-4-11;/h2,5,8,11,13,18H,3-4,6-7,9,17H2,1H3,(H,20,21);1H. The van der Waals surface area contributed by atoms with Gasteiger partial charge in [0.05, 0.1) is 0 Å². The van der Waals surface area contributed by atoms with Crippen molar-refractivity contribution < 1.29 is 4.42 Å². The Morgan fingerprint density at radius 2 is 2.09 bits per heavy atom. The van der Waals surface area contributed by atoms with Crippen LogP contribution in [0, 0.1) is 12.8 Å². The molecule has 1 heterocycles. The Morgan fingerprint density at radius 3 is 2.74 bits per heavy atom. The van der Waals surface area contributed by atoms with Gasteiger partial charge in [0.15, 0.2) is 0 Å². The van der Waals surface area contributed by atoms with Gasteiger partial charge in [0, 0.05) is 23.8 Å². The van der Waals surface area contributed by atoms with E-state index in [0.717, 1.165) is 36.2 Å². The van der Waals surface area contributed by atoms with Gasteiger partial charge >= 0.3 is 5.76 Å². The third kappa shape index (κ3) is 4.36. The van der Waals surface area contributed by atoms with E-state index in [1.807, 2.05) is 18.2 Å². The second-order valence-corrected chi connectivity index (χ2v) is 6.11. The van der Waals surface area contributed by atoms with Crippen molar-refractivity contribution in [2.24, 2.45) is 11.7 Å². The van der Waals surface area contributed by atoms with Gasteiger partial charge in [0.25, 0.3) is 0 Å². The summed E-state index contributed by atoms with van der Waals surface area (Å²) >= 11 is 0. The van der Waals surface area contributed by atoms with E-state index in [2.05, 4.69) is 22.4 Å². The zero-order valence-corrected chi connectivity index (χ0v) is 14.0. The van der Waals surface area contributed by atoms with Gasteiger partial charge in [0.1, 0.15) is 0 Å². The zero-order chi connectivity index (χ0) is 15.5. The van der Waals surface area contributed by atoms with E-state index in [-0.39, 0.29) is 12.4 Å². The van der Waals surface area contributed by atoms with Crippen LogP contribution < -0.4 is 16.8 Å². The summed E-state index contributed by atoms with van der Waals surface area (Å²) in [6, 6.07) is 6.26. The third-order valence-electron chi connectivity index (χ3n) is 4.40. The Kier molecular flexibility index (Phi) is 5.85. The number of rotatable bonds is 4. The molecule has 0 amide bonds. The molecule has 0 unspecified atom stereocenters. The van der Waals surface area contributed by atoms with Crippen molar-refractivity contribution >= 4 is 18.1 Å².